The SMILES string of the molecule is CCN(C)C(=O)c1ccc(OC/C(=C\F)CN)cc1. The Kier molecular flexibility index (Phi) is 6.02. The van der Waals surface area contributed by atoms with Gasteiger partial charge in [0, 0.05) is 31.3 Å². The molecule has 0 atom stereocenters. The molecule has 0 saturated carbocycles. The van der Waals surface area contributed by atoms with Crippen molar-refractivity contribution in [1.29, 1.82) is 0 Å². The lowest BCUT2D eigenvalue weighted by Gasteiger charge is -2.14. The van der Waals surface area contributed by atoms with Gasteiger partial charge in [0.2, 0.25) is 0 Å². The van der Waals surface area contributed by atoms with Gasteiger partial charge < -0.3 is 15.4 Å². The number of rotatable bonds is 6. The first-order valence-corrected chi connectivity index (χ1v) is 6.08. The first-order valence-electron chi connectivity index (χ1n) is 6.08. The minimum Gasteiger partial charge on any atom is -0.489 e. The van der Waals surface area contributed by atoms with Crippen molar-refractivity contribution in [2.75, 3.05) is 26.7 Å². The number of carbonyl (C=O) groups is 1. The monoisotopic (exact) mass is 266 g/mol. The fourth-order valence-electron chi connectivity index (χ4n) is 1.37. The lowest BCUT2D eigenvalue weighted by molar-refractivity contribution is 0.0802. The number of nitrogens with two attached hydrogens (primary N) is 1. The first-order chi connectivity index (χ1) is 9.12. The second kappa shape index (κ2) is 7.53. The lowest BCUT2D eigenvalue weighted by Crippen LogP contribution is -2.26. The molecular formula is C14H19FN2O2. The zero-order valence-corrected chi connectivity index (χ0v) is 11.2. The molecule has 0 unspecified atom stereocenters. The summed E-state index contributed by atoms with van der Waals surface area (Å²) in [7, 11) is 1.74. The minimum absolute atomic E-state index is 0.0413. The van der Waals surface area contributed by atoms with Crippen LogP contribution in [0.1, 0.15) is 17.3 Å². The van der Waals surface area contributed by atoms with Crippen LogP contribution in [0, 0.1) is 0 Å². The number of amides is 1. The standard InChI is InChI=1S/C14H19FN2O2/c1-3-17(2)14(18)12-4-6-13(7-5-12)19-10-11(8-15)9-16/h4-8H,3,9-10,16H2,1-2H3/b11-8-. The molecule has 1 amide bonds. The van der Waals surface area contributed by atoms with Gasteiger partial charge in [-0.15, -0.1) is 0 Å². The van der Waals surface area contributed by atoms with Crippen molar-refractivity contribution in [3.05, 3.63) is 41.7 Å². The van der Waals surface area contributed by atoms with Gasteiger partial charge in [-0.25, -0.2) is 4.39 Å². The van der Waals surface area contributed by atoms with E-state index in [2.05, 4.69) is 0 Å². The normalized spacial score (nSPS) is 11.3. The maximum Gasteiger partial charge on any atom is 0.253 e. The fraction of sp³-hybridized carbons (Fsp3) is 0.357. The number of benzene rings is 1. The Morgan fingerprint density at radius 2 is 2.05 bits per heavy atom. The number of halogens is 1. The summed E-state index contributed by atoms with van der Waals surface area (Å²) in [6.07, 6.45) is 0.452. The Balaban J connectivity index is 2.64. The molecule has 0 saturated heterocycles. The quantitative estimate of drug-likeness (QED) is 0.856. The van der Waals surface area contributed by atoms with E-state index in [1.54, 1.807) is 36.2 Å². The summed E-state index contributed by atoms with van der Waals surface area (Å²) in [5, 5.41) is 0. The van der Waals surface area contributed by atoms with Gasteiger partial charge in [0.25, 0.3) is 5.91 Å². The van der Waals surface area contributed by atoms with Crippen molar-refractivity contribution in [2.24, 2.45) is 5.73 Å². The predicted molar refractivity (Wildman–Crippen MR) is 72.8 cm³/mol. The Morgan fingerprint density at radius 1 is 1.42 bits per heavy atom. The molecule has 0 fully saturated rings. The highest BCUT2D eigenvalue weighted by atomic mass is 19.1. The molecule has 2 N–H and O–H groups in total. The van der Waals surface area contributed by atoms with Crippen molar-refractivity contribution in [2.45, 2.75) is 6.92 Å². The zero-order chi connectivity index (χ0) is 14.3. The molecule has 0 heterocycles. The molecule has 19 heavy (non-hydrogen) atoms. The smallest absolute Gasteiger partial charge is 0.253 e. The maximum absolute atomic E-state index is 12.3. The highest BCUT2D eigenvalue weighted by molar-refractivity contribution is 5.94. The van der Waals surface area contributed by atoms with E-state index in [1.165, 1.54) is 0 Å². The average molecular weight is 266 g/mol. The van der Waals surface area contributed by atoms with Gasteiger partial charge in [0.05, 0.1) is 6.33 Å². The number of ether oxygens (including phenoxy) is 1. The molecule has 0 radical (unpaired) electrons. The van der Waals surface area contributed by atoms with Crippen LogP contribution in [-0.2, 0) is 0 Å². The molecule has 5 heteroatoms. The van der Waals surface area contributed by atoms with Crippen molar-refractivity contribution in [3.63, 3.8) is 0 Å². The minimum atomic E-state index is -0.0413. The molecule has 4 nitrogen and oxygen atoms in total. The van der Waals surface area contributed by atoms with Gasteiger partial charge >= 0.3 is 0 Å². The molecule has 1 rings (SSSR count). The third-order valence-corrected chi connectivity index (χ3v) is 2.76. The second-order valence-corrected chi connectivity index (χ2v) is 4.10. The number of carbonyl (C=O) groups excluding carboxylic acids is 1. The van der Waals surface area contributed by atoms with E-state index in [0.717, 1.165) is 0 Å². The molecular weight excluding hydrogens is 247 g/mol. The molecule has 0 aliphatic heterocycles. The van der Waals surface area contributed by atoms with Crippen LogP contribution in [0.15, 0.2) is 36.2 Å². The van der Waals surface area contributed by atoms with Crippen LogP contribution in [0.3, 0.4) is 0 Å². The maximum atomic E-state index is 12.3. The average Bonchev–Trinajstić information content (AvgIpc) is 2.47. The highest BCUT2D eigenvalue weighted by Gasteiger charge is 2.09. The van der Waals surface area contributed by atoms with E-state index in [1.807, 2.05) is 6.92 Å². The van der Waals surface area contributed by atoms with Gasteiger partial charge in [-0.3, -0.25) is 4.79 Å². The van der Waals surface area contributed by atoms with Crippen LogP contribution < -0.4 is 10.5 Å². The first kappa shape index (κ1) is 15.2. The number of nitrogens with zero attached hydrogens (tertiary/aromatic N) is 1. The molecule has 0 spiro atoms. The van der Waals surface area contributed by atoms with Gasteiger partial charge in [0.15, 0.2) is 0 Å². The van der Waals surface area contributed by atoms with Crippen LogP contribution in [0.2, 0.25) is 0 Å². The summed E-state index contributed by atoms with van der Waals surface area (Å²) < 4.78 is 17.6. The summed E-state index contributed by atoms with van der Waals surface area (Å²) in [5.74, 6) is 0.531. The Hall–Kier alpha value is -1.88. The molecule has 0 bridgehead atoms. The van der Waals surface area contributed by atoms with Gasteiger partial charge in [0.1, 0.15) is 12.4 Å². The van der Waals surface area contributed by atoms with Crippen LogP contribution >= 0.6 is 0 Å². The highest BCUT2D eigenvalue weighted by Crippen LogP contribution is 2.14. The van der Waals surface area contributed by atoms with Crippen molar-refractivity contribution < 1.29 is 13.9 Å². The number of hydrogen-bond acceptors (Lipinski definition) is 3. The summed E-state index contributed by atoms with van der Waals surface area (Å²) in [4.78, 5) is 13.5. The van der Waals surface area contributed by atoms with E-state index in [0.29, 0.717) is 29.8 Å². The Bertz CT molecular complexity index is 443. The molecule has 0 aromatic heterocycles. The van der Waals surface area contributed by atoms with Crippen LogP contribution in [0.4, 0.5) is 4.39 Å². The van der Waals surface area contributed by atoms with E-state index >= 15 is 0 Å². The van der Waals surface area contributed by atoms with E-state index in [4.69, 9.17) is 10.5 Å². The second-order valence-electron chi connectivity index (χ2n) is 4.10. The van der Waals surface area contributed by atoms with Crippen molar-refractivity contribution >= 4 is 5.91 Å². The van der Waals surface area contributed by atoms with Crippen LogP contribution in [0.5, 0.6) is 5.75 Å². The summed E-state index contributed by atoms with van der Waals surface area (Å²) in [6.45, 7) is 2.79. The van der Waals surface area contributed by atoms with Gasteiger partial charge in [-0.05, 0) is 31.2 Å². The molecule has 104 valence electrons. The molecule has 1 aromatic rings. The summed E-state index contributed by atoms with van der Waals surface area (Å²) in [6, 6.07) is 6.74. The van der Waals surface area contributed by atoms with Crippen molar-refractivity contribution in [3.8, 4) is 5.75 Å². The Morgan fingerprint density at radius 3 is 2.53 bits per heavy atom. The zero-order valence-electron chi connectivity index (χ0n) is 11.2. The van der Waals surface area contributed by atoms with Gasteiger partial charge in [-0.2, -0.15) is 0 Å². The van der Waals surface area contributed by atoms with Gasteiger partial charge in [-0.1, -0.05) is 0 Å². The fourth-order valence-corrected chi connectivity index (χ4v) is 1.37. The van der Waals surface area contributed by atoms with Crippen molar-refractivity contribution in [1.82, 2.24) is 4.90 Å². The lowest BCUT2D eigenvalue weighted by atomic mass is 10.2. The summed E-state index contributed by atoms with van der Waals surface area (Å²) in [5.41, 5.74) is 6.30. The van der Waals surface area contributed by atoms with E-state index < -0.39 is 0 Å². The number of hydrogen-bond donors (Lipinski definition) is 1. The largest absolute Gasteiger partial charge is 0.489 e. The van der Waals surface area contributed by atoms with Crippen LogP contribution in [-0.4, -0.2) is 37.6 Å². The molecule has 0 aliphatic rings. The molecule has 0 aliphatic carbocycles. The third-order valence-electron chi connectivity index (χ3n) is 2.76. The predicted octanol–water partition coefficient (Wildman–Crippen LogP) is 1.97. The molecule has 1 aromatic carbocycles. The van der Waals surface area contributed by atoms with Crippen LogP contribution in [0.25, 0.3) is 0 Å². The van der Waals surface area contributed by atoms with E-state index in [-0.39, 0.29) is 19.1 Å². The summed E-state index contributed by atoms with van der Waals surface area (Å²) >= 11 is 0. The topological polar surface area (TPSA) is 55.6 Å². The van der Waals surface area contributed by atoms with E-state index in [9.17, 15) is 9.18 Å². The Labute approximate surface area is 112 Å². The third kappa shape index (κ3) is 4.37.